The number of hydrogen-bond donors (Lipinski definition) is 1. The highest BCUT2D eigenvalue weighted by atomic mass is 35.5. The van der Waals surface area contributed by atoms with E-state index in [2.05, 4.69) is 13.0 Å². The van der Waals surface area contributed by atoms with Crippen molar-refractivity contribution < 1.29 is 9.47 Å². The van der Waals surface area contributed by atoms with Crippen molar-refractivity contribution >= 4 is 11.6 Å². The molecule has 0 fully saturated rings. The number of benzene rings is 1. The summed E-state index contributed by atoms with van der Waals surface area (Å²) >= 11 is 6.34. The van der Waals surface area contributed by atoms with Gasteiger partial charge in [0.15, 0.2) is 0 Å². The molecule has 0 amide bonds. The molecule has 0 bridgehead atoms. The van der Waals surface area contributed by atoms with Crippen LogP contribution in [-0.2, 0) is 12.8 Å². The zero-order valence-electron chi connectivity index (χ0n) is 11.8. The SMILES string of the molecule is CCc1cc(CC(C)(C)N)c(OC)c(Cl)c1OC. The van der Waals surface area contributed by atoms with Gasteiger partial charge in [-0.1, -0.05) is 18.5 Å². The van der Waals surface area contributed by atoms with E-state index in [4.69, 9.17) is 26.8 Å². The van der Waals surface area contributed by atoms with Crippen LogP contribution in [0.3, 0.4) is 0 Å². The van der Waals surface area contributed by atoms with Gasteiger partial charge in [0.25, 0.3) is 0 Å². The van der Waals surface area contributed by atoms with Crippen molar-refractivity contribution in [1.29, 1.82) is 0 Å². The van der Waals surface area contributed by atoms with Crippen LogP contribution in [0.5, 0.6) is 11.5 Å². The largest absolute Gasteiger partial charge is 0.495 e. The highest BCUT2D eigenvalue weighted by molar-refractivity contribution is 6.33. The van der Waals surface area contributed by atoms with Crippen LogP contribution in [0.2, 0.25) is 5.02 Å². The molecule has 0 atom stereocenters. The molecule has 0 heterocycles. The molecule has 1 aromatic rings. The summed E-state index contributed by atoms with van der Waals surface area (Å²) in [5, 5.41) is 0.526. The Kier molecular flexibility index (Phi) is 4.88. The van der Waals surface area contributed by atoms with Crippen molar-refractivity contribution in [3.8, 4) is 11.5 Å². The van der Waals surface area contributed by atoms with E-state index >= 15 is 0 Å². The van der Waals surface area contributed by atoms with E-state index in [9.17, 15) is 0 Å². The lowest BCUT2D eigenvalue weighted by atomic mass is 9.93. The fourth-order valence-corrected chi connectivity index (χ4v) is 2.45. The molecule has 0 aliphatic carbocycles. The maximum Gasteiger partial charge on any atom is 0.144 e. The first-order valence-corrected chi connectivity index (χ1v) is 6.43. The van der Waals surface area contributed by atoms with Crippen LogP contribution in [0.25, 0.3) is 0 Å². The van der Waals surface area contributed by atoms with Gasteiger partial charge in [0.05, 0.1) is 14.2 Å². The summed E-state index contributed by atoms with van der Waals surface area (Å²) in [6, 6.07) is 2.07. The summed E-state index contributed by atoms with van der Waals surface area (Å²) in [7, 11) is 3.23. The Bertz CT molecular complexity index is 425. The second kappa shape index (κ2) is 5.81. The maximum absolute atomic E-state index is 6.34. The smallest absolute Gasteiger partial charge is 0.144 e. The van der Waals surface area contributed by atoms with Crippen molar-refractivity contribution in [2.75, 3.05) is 14.2 Å². The molecule has 1 aromatic carbocycles. The molecule has 2 N–H and O–H groups in total. The molecule has 4 heteroatoms. The fourth-order valence-electron chi connectivity index (χ4n) is 2.05. The van der Waals surface area contributed by atoms with Gasteiger partial charge in [-0.25, -0.2) is 0 Å². The second-order valence-electron chi connectivity index (χ2n) is 5.09. The molecule has 0 saturated carbocycles. The quantitative estimate of drug-likeness (QED) is 0.894. The zero-order valence-corrected chi connectivity index (χ0v) is 12.5. The van der Waals surface area contributed by atoms with Crippen molar-refractivity contribution in [2.45, 2.75) is 39.2 Å². The lowest BCUT2D eigenvalue weighted by Gasteiger charge is -2.22. The van der Waals surface area contributed by atoms with Crippen LogP contribution >= 0.6 is 11.6 Å². The number of nitrogens with two attached hydrogens (primary N) is 1. The minimum absolute atomic E-state index is 0.309. The number of hydrogen-bond acceptors (Lipinski definition) is 3. The van der Waals surface area contributed by atoms with Gasteiger partial charge >= 0.3 is 0 Å². The third-order valence-electron chi connectivity index (χ3n) is 2.77. The second-order valence-corrected chi connectivity index (χ2v) is 5.47. The summed E-state index contributed by atoms with van der Waals surface area (Å²) in [5.41, 5.74) is 7.86. The summed E-state index contributed by atoms with van der Waals surface area (Å²) in [5.74, 6) is 1.35. The third-order valence-corrected chi connectivity index (χ3v) is 3.11. The Balaban J connectivity index is 3.37. The molecule has 1 rings (SSSR count). The summed E-state index contributed by atoms with van der Waals surface area (Å²) in [4.78, 5) is 0. The molecule has 18 heavy (non-hydrogen) atoms. The average Bonchev–Trinajstić information content (AvgIpc) is 2.26. The van der Waals surface area contributed by atoms with Crippen LogP contribution in [-0.4, -0.2) is 19.8 Å². The van der Waals surface area contributed by atoms with Gasteiger partial charge in [-0.3, -0.25) is 0 Å². The Labute approximate surface area is 114 Å². The highest BCUT2D eigenvalue weighted by Gasteiger charge is 2.21. The molecule has 0 aliphatic heterocycles. The molecular weight excluding hydrogens is 250 g/mol. The number of rotatable bonds is 5. The van der Waals surface area contributed by atoms with Crippen molar-refractivity contribution in [3.05, 3.63) is 22.2 Å². The molecule has 3 nitrogen and oxygen atoms in total. The monoisotopic (exact) mass is 271 g/mol. The van der Waals surface area contributed by atoms with Gasteiger partial charge in [-0.2, -0.15) is 0 Å². The van der Waals surface area contributed by atoms with Crippen molar-refractivity contribution in [3.63, 3.8) is 0 Å². The Morgan fingerprint density at radius 1 is 1.17 bits per heavy atom. The summed E-state index contributed by atoms with van der Waals surface area (Å²) < 4.78 is 10.7. The third kappa shape index (κ3) is 3.30. The van der Waals surface area contributed by atoms with E-state index in [1.807, 2.05) is 13.8 Å². The molecule has 0 spiro atoms. The minimum atomic E-state index is -0.309. The van der Waals surface area contributed by atoms with E-state index < -0.39 is 0 Å². The number of aryl methyl sites for hydroxylation is 1. The first-order chi connectivity index (χ1) is 8.34. The normalized spacial score (nSPS) is 11.5. The van der Waals surface area contributed by atoms with Crippen LogP contribution in [0.15, 0.2) is 6.07 Å². The van der Waals surface area contributed by atoms with E-state index in [1.165, 1.54) is 0 Å². The van der Waals surface area contributed by atoms with Crippen molar-refractivity contribution in [1.82, 2.24) is 0 Å². The predicted octanol–water partition coefficient (Wildman–Crippen LogP) is 3.20. The van der Waals surface area contributed by atoms with E-state index in [0.29, 0.717) is 22.9 Å². The predicted molar refractivity (Wildman–Crippen MR) is 75.9 cm³/mol. The number of halogens is 1. The van der Waals surface area contributed by atoms with Crippen LogP contribution in [0, 0.1) is 0 Å². The molecular formula is C14H22ClNO2. The van der Waals surface area contributed by atoms with Gasteiger partial charge < -0.3 is 15.2 Å². The molecule has 0 radical (unpaired) electrons. The Morgan fingerprint density at radius 2 is 1.67 bits per heavy atom. The fraction of sp³-hybridized carbons (Fsp3) is 0.571. The summed E-state index contributed by atoms with van der Waals surface area (Å²) in [6.45, 7) is 6.03. The van der Waals surface area contributed by atoms with E-state index in [-0.39, 0.29) is 5.54 Å². The Hall–Kier alpha value is -0.930. The first kappa shape index (κ1) is 15.1. The van der Waals surface area contributed by atoms with E-state index in [0.717, 1.165) is 17.5 Å². The standard InChI is InChI=1S/C14H22ClNO2/c1-6-9-7-10(8-14(2,3)16)13(18-5)11(15)12(9)17-4/h7H,6,8,16H2,1-5H3. The lowest BCUT2D eigenvalue weighted by Crippen LogP contribution is -2.34. The van der Waals surface area contributed by atoms with Gasteiger partial charge in [-0.05, 0) is 43.9 Å². The van der Waals surface area contributed by atoms with Gasteiger partial charge in [0.2, 0.25) is 0 Å². The molecule has 0 aliphatic rings. The van der Waals surface area contributed by atoms with Crippen LogP contribution < -0.4 is 15.2 Å². The molecule has 102 valence electrons. The van der Waals surface area contributed by atoms with Gasteiger partial charge in [-0.15, -0.1) is 0 Å². The first-order valence-electron chi connectivity index (χ1n) is 6.05. The number of methoxy groups -OCH3 is 2. The van der Waals surface area contributed by atoms with Gasteiger partial charge in [0.1, 0.15) is 16.5 Å². The maximum atomic E-state index is 6.34. The minimum Gasteiger partial charge on any atom is -0.495 e. The van der Waals surface area contributed by atoms with E-state index in [1.54, 1.807) is 14.2 Å². The Morgan fingerprint density at radius 3 is 2.06 bits per heavy atom. The topological polar surface area (TPSA) is 44.5 Å². The van der Waals surface area contributed by atoms with Crippen LogP contribution in [0.1, 0.15) is 31.9 Å². The lowest BCUT2D eigenvalue weighted by molar-refractivity contribution is 0.384. The zero-order chi connectivity index (χ0) is 13.9. The average molecular weight is 272 g/mol. The van der Waals surface area contributed by atoms with Crippen LogP contribution in [0.4, 0.5) is 0 Å². The summed E-state index contributed by atoms with van der Waals surface area (Å²) in [6.07, 6.45) is 1.55. The highest BCUT2D eigenvalue weighted by Crippen LogP contribution is 2.41. The molecule has 0 aromatic heterocycles. The van der Waals surface area contributed by atoms with Gasteiger partial charge in [0, 0.05) is 5.54 Å². The molecule has 0 unspecified atom stereocenters. The molecule has 0 saturated heterocycles. The van der Waals surface area contributed by atoms with Crippen molar-refractivity contribution in [2.24, 2.45) is 5.73 Å². The number of ether oxygens (including phenoxy) is 2.